The van der Waals surface area contributed by atoms with Gasteiger partial charge >= 0.3 is 5.97 Å². The first kappa shape index (κ1) is 24.5. The highest BCUT2D eigenvalue weighted by molar-refractivity contribution is 8.18. The van der Waals surface area contributed by atoms with Crippen LogP contribution in [0.3, 0.4) is 0 Å². The summed E-state index contributed by atoms with van der Waals surface area (Å²) in [6, 6.07) is 11.4. The van der Waals surface area contributed by atoms with E-state index in [0.29, 0.717) is 16.3 Å². The molecule has 2 aromatic carbocycles. The van der Waals surface area contributed by atoms with E-state index in [1.54, 1.807) is 49.4 Å². The molecule has 0 saturated carbocycles. The van der Waals surface area contributed by atoms with E-state index >= 15 is 0 Å². The fraction of sp³-hybridized carbons (Fsp3) is 0.125. The summed E-state index contributed by atoms with van der Waals surface area (Å²) in [6.45, 7) is 1.79. The molecule has 0 fully saturated rings. The topological polar surface area (TPSA) is 85.2 Å². The average molecular weight is 502 g/mol. The van der Waals surface area contributed by atoms with Crippen molar-refractivity contribution in [2.24, 2.45) is 4.99 Å². The van der Waals surface area contributed by atoms with Crippen LogP contribution in [0.1, 0.15) is 22.8 Å². The van der Waals surface area contributed by atoms with Crippen molar-refractivity contribution in [1.82, 2.24) is 0 Å². The number of carbonyl (C=O) groups is 2. The summed E-state index contributed by atoms with van der Waals surface area (Å²) < 4.78 is 10.4. The van der Waals surface area contributed by atoms with Crippen LogP contribution in [0, 0.1) is 12.3 Å². The van der Waals surface area contributed by atoms with E-state index in [9.17, 15) is 14.7 Å². The molecule has 33 heavy (non-hydrogen) atoms. The Morgan fingerprint density at radius 1 is 1.21 bits per heavy atom. The maximum atomic E-state index is 12.7. The van der Waals surface area contributed by atoms with Crippen molar-refractivity contribution in [2.75, 3.05) is 13.2 Å². The van der Waals surface area contributed by atoms with Gasteiger partial charge < -0.3 is 14.6 Å². The summed E-state index contributed by atoms with van der Waals surface area (Å²) in [4.78, 5) is 29.5. The molecule has 2 aromatic rings. The molecule has 0 radical (unpaired) electrons. The Hall–Kier alpha value is -3.18. The van der Waals surface area contributed by atoms with E-state index in [-0.39, 0.29) is 45.1 Å². The lowest BCUT2D eigenvalue weighted by atomic mass is 10.1. The lowest BCUT2D eigenvalue weighted by Gasteiger charge is -2.06. The van der Waals surface area contributed by atoms with Crippen molar-refractivity contribution in [3.8, 4) is 18.1 Å². The minimum absolute atomic E-state index is 0.00203. The first-order valence-corrected chi connectivity index (χ1v) is 11.2. The second-order valence-electron chi connectivity index (χ2n) is 6.44. The highest BCUT2D eigenvalue weighted by Crippen LogP contribution is 2.40. The van der Waals surface area contributed by atoms with Gasteiger partial charge in [0.25, 0.3) is 5.91 Å². The van der Waals surface area contributed by atoms with Gasteiger partial charge in [-0.05, 0) is 42.8 Å². The van der Waals surface area contributed by atoms with Gasteiger partial charge in [-0.25, -0.2) is 9.79 Å². The molecule has 0 atom stereocenters. The third kappa shape index (κ3) is 5.79. The van der Waals surface area contributed by atoms with Crippen molar-refractivity contribution >= 4 is 58.0 Å². The Morgan fingerprint density at radius 2 is 1.97 bits per heavy atom. The predicted molar refractivity (Wildman–Crippen MR) is 131 cm³/mol. The highest BCUT2D eigenvalue weighted by atomic mass is 35.5. The van der Waals surface area contributed by atoms with Crippen molar-refractivity contribution < 1.29 is 24.2 Å². The number of nitrogens with zero attached hydrogens (tertiary/aromatic N) is 1. The van der Waals surface area contributed by atoms with Gasteiger partial charge in [0.05, 0.1) is 27.1 Å². The molecule has 6 nitrogen and oxygen atoms in total. The molecule has 0 unspecified atom stereocenters. The summed E-state index contributed by atoms with van der Waals surface area (Å²) in [5.41, 5.74) is 0.583. The molecule has 1 aliphatic rings. The van der Waals surface area contributed by atoms with Crippen LogP contribution in [0.25, 0.3) is 6.08 Å². The van der Waals surface area contributed by atoms with E-state index < -0.39 is 11.9 Å². The molecule has 168 valence electrons. The minimum Gasteiger partial charge on any atom is -0.506 e. The van der Waals surface area contributed by atoms with Gasteiger partial charge in [-0.1, -0.05) is 59.1 Å². The van der Waals surface area contributed by atoms with Crippen LogP contribution in [0.2, 0.25) is 10.0 Å². The number of ether oxygens (including phenoxy) is 2. The van der Waals surface area contributed by atoms with Crippen molar-refractivity contribution in [2.45, 2.75) is 6.92 Å². The van der Waals surface area contributed by atoms with E-state index in [1.165, 1.54) is 6.07 Å². The van der Waals surface area contributed by atoms with E-state index in [1.807, 2.05) is 0 Å². The van der Waals surface area contributed by atoms with E-state index in [0.717, 1.165) is 11.8 Å². The van der Waals surface area contributed by atoms with E-state index in [2.05, 4.69) is 10.9 Å². The van der Waals surface area contributed by atoms with Gasteiger partial charge in [-0.2, -0.15) is 0 Å². The third-order valence-electron chi connectivity index (χ3n) is 4.24. The SMILES string of the molecule is C#CCOc1ccc(/C=C2\SC(=NC(=O)c3ccccc3Cl)C(C(=O)OCC)=C2O)cc1Cl. The van der Waals surface area contributed by atoms with Gasteiger partial charge in [0.2, 0.25) is 0 Å². The van der Waals surface area contributed by atoms with E-state index in [4.69, 9.17) is 39.1 Å². The Bertz CT molecular complexity index is 1240. The van der Waals surface area contributed by atoms with Gasteiger partial charge in [-0.15, -0.1) is 6.42 Å². The zero-order valence-corrected chi connectivity index (χ0v) is 19.6. The number of aliphatic hydroxyl groups excluding tert-OH is 1. The maximum Gasteiger partial charge on any atom is 0.344 e. The number of esters is 1. The minimum atomic E-state index is -0.798. The van der Waals surface area contributed by atoms with Gasteiger partial charge in [-0.3, -0.25) is 4.79 Å². The number of rotatable bonds is 6. The number of thioether (sulfide) groups is 1. The Kier molecular flexibility index (Phi) is 8.23. The fourth-order valence-electron chi connectivity index (χ4n) is 2.77. The molecule has 0 saturated heterocycles. The Labute approximate surface area is 204 Å². The molecule has 0 aromatic heterocycles. The second-order valence-corrected chi connectivity index (χ2v) is 8.28. The number of halogens is 2. The van der Waals surface area contributed by atoms with Crippen LogP contribution < -0.4 is 4.74 Å². The van der Waals surface area contributed by atoms with Gasteiger partial charge in [0.1, 0.15) is 28.7 Å². The number of hydrogen-bond donors (Lipinski definition) is 1. The normalized spacial score (nSPS) is 15.6. The summed E-state index contributed by atoms with van der Waals surface area (Å²) in [5, 5.41) is 11.3. The summed E-state index contributed by atoms with van der Waals surface area (Å²) >= 11 is 13.3. The monoisotopic (exact) mass is 501 g/mol. The predicted octanol–water partition coefficient (Wildman–Crippen LogP) is 5.71. The van der Waals surface area contributed by atoms with Gasteiger partial charge in [0.15, 0.2) is 0 Å². The van der Waals surface area contributed by atoms with Crippen molar-refractivity contribution in [1.29, 1.82) is 0 Å². The van der Waals surface area contributed by atoms with Crippen LogP contribution in [0.4, 0.5) is 0 Å². The van der Waals surface area contributed by atoms with Crippen LogP contribution >= 0.6 is 35.0 Å². The van der Waals surface area contributed by atoms with Crippen LogP contribution in [-0.4, -0.2) is 35.2 Å². The van der Waals surface area contributed by atoms with Crippen LogP contribution in [-0.2, 0) is 9.53 Å². The lowest BCUT2D eigenvalue weighted by molar-refractivity contribution is -0.138. The number of aliphatic hydroxyl groups is 1. The summed E-state index contributed by atoms with van der Waals surface area (Å²) in [6.07, 6.45) is 6.78. The average Bonchev–Trinajstić information content (AvgIpc) is 3.08. The first-order chi connectivity index (χ1) is 15.8. The summed E-state index contributed by atoms with van der Waals surface area (Å²) in [7, 11) is 0. The zero-order valence-electron chi connectivity index (χ0n) is 17.3. The largest absolute Gasteiger partial charge is 0.506 e. The number of carbonyl (C=O) groups excluding carboxylic acids is 2. The molecule has 1 heterocycles. The quantitative estimate of drug-likeness (QED) is 0.403. The molecular weight excluding hydrogens is 485 g/mol. The second kappa shape index (κ2) is 11.1. The Morgan fingerprint density at radius 3 is 2.64 bits per heavy atom. The number of hydrogen-bond acceptors (Lipinski definition) is 6. The summed E-state index contributed by atoms with van der Waals surface area (Å²) in [5.74, 6) is 0.961. The van der Waals surface area contributed by atoms with Crippen LogP contribution in [0.15, 0.2) is 63.7 Å². The van der Waals surface area contributed by atoms with Crippen molar-refractivity contribution in [3.05, 3.63) is 79.9 Å². The number of aliphatic imine (C=N–C) groups is 1. The molecule has 0 aliphatic carbocycles. The molecule has 9 heteroatoms. The molecule has 1 N–H and O–H groups in total. The highest BCUT2D eigenvalue weighted by Gasteiger charge is 2.34. The number of terminal acetylenes is 1. The molecular formula is C24H17Cl2NO5S. The fourth-order valence-corrected chi connectivity index (χ4v) is 4.25. The maximum absolute atomic E-state index is 12.7. The molecule has 0 spiro atoms. The lowest BCUT2D eigenvalue weighted by Crippen LogP contribution is -2.14. The molecule has 1 amide bonds. The Balaban J connectivity index is 1.99. The first-order valence-electron chi connectivity index (χ1n) is 9.59. The third-order valence-corrected chi connectivity index (χ3v) is 5.89. The number of benzene rings is 2. The molecule has 3 rings (SSSR count). The van der Waals surface area contributed by atoms with Gasteiger partial charge in [0, 0.05) is 0 Å². The van der Waals surface area contributed by atoms with Crippen LogP contribution in [0.5, 0.6) is 5.75 Å². The molecule has 1 aliphatic heterocycles. The number of amides is 1. The zero-order chi connectivity index (χ0) is 24.0. The van der Waals surface area contributed by atoms with Crippen molar-refractivity contribution in [3.63, 3.8) is 0 Å². The standard InChI is InChI=1S/C24H17Cl2NO5S/c1-3-11-32-18-10-9-14(12-17(18)26)13-19-21(28)20(24(30)31-4-2)23(33-19)27-22(29)15-7-5-6-8-16(15)25/h1,5-10,12-13,28H,4,11H2,2H3/b19-13-,27-23?. The smallest absolute Gasteiger partial charge is 0.344 e. The molecule has 0 bridgehead atoms.